The summed E-state index contributed by atoms with van der Waals surface area (Å²) >= 11 is 0. The highest BCUT2D eigenvalue weighted by Crippen LogP contribution is 2.38. The minimum absolute atomic E-state index is 0.370. The van der Waals surface area contributed by atoms with Gasteiger partial charge in [0, 0.05) is 11.3 Å². The van der Waals surface area contributed by atoms with Crippen LogP contribution in [0.4, 0.5) is 0 Å². The average Bonchev–Trinajstić information content (AvgIpc) is 2.80. The summed E-state index contributed by atoms with van der Waals surface area (Å²) in [7, 11) is 3.21. The lowest BCUT2D eigenvalue weighted by molar-refractivity contribution is 0.346. The number of benzene rings is 1. The van der Waals surface area contributed by atoms with Crippen LogP contribution in [-0.2, 0) is 0 Å². The summed E-state index contributed by atoms with van der Waals surface area (Å²) in [5.41, 5.74) is 1.63. The Morgan fingerprint density at radius 3 is 2.65 bits per heavy atom. The zero-order chi connectivity index (χ0) is 12.4. The van der Waals surface area contributed by atoms with Crippen molar-refractivity contribution in [2.45, 2.75) is 26.2 Å². The van der Waals surface area contributed by atoms with Crippen molar-refractivity contribution in [3.63, 3.8) is 0 Å². The second kappa shape index (κ2) is 4.65. The Morgan fingerprint density at radius 2 is 2.06 bits per heavy atom. The third-order valence-electron chi connectivity index (χ3n) is 3.09. The Labute approximate surface area is 100 Å². The molecule has 4 heteroatoms. The van der Waals surface area contributed by atoms with E-state index in [9.17, 15) is 0 Å². The number of aromatic nitrogens is 1. The fourth-order valence-corrected chi connectivity index (χ4v) is 1.88. The minimum atomic E-state index is 0.370. The lowest BCUT2D eigenvalue weighted by atomic mass is 10.0. The molecule has 2 aromatic rings. The predicted octanol–water partition coefficient (Wildman–Crippen LogP) is 3.36. The van der Waals surface area contributed by atoms with Gasteiger partial charge in [-0.05, 0) is 18.6 Å². The topological polar surface area (TPSA) is 44.5 Å². The fourth-order valence-electron chi connectivity index (χ4n) is 1.88. The van der Waals surface area contributed by atoms with Crippen LogP contribution in [0.2, 0.25) is 0 Å². The molecule has 0 saturated heterocycles. The van der Waals surface area contributed by atoms with Gasteiger partial charge in [-0.1, -0.05) is 19.0 Å². The van der Waals surface area contributed by atoms with Gasteiger partial charge >= 0.3 is 0 Å². The van der Waals surface area contributed by atoms with Gasteiger partial charge in [-0.2, -0.15) is 0 Å². The van der Waals surface area contributed by atoms with Crippen molar-refractivity contribution in [3.8, 4) is 11.5 Å². The predicted molar refractivity (Wildman–Crippen MR) is 65.8 cm³/mol. The van der Waals surface area contributed by atoms with E-state index in [1.807, 2.05) is 12.1 Å². The largest absolute Gasteiger partial charge is 0.493 e. The van der Waals surface area contributed by atoms with Gasteiger partial charge in [-0.25, -0.2) is 0 Å². The second-order valence-corrected chi connectivity index (χ2v) is 4.05. The monoisotopic (exact) mass is 235 g/mol. The smallest absolute Gasteiger partial charge is 0.212 e. The number of methoxy groups -OCH3 is 2. The van der Waals surface area contributed by atoms with Crippen molar-refractivity contribution in [3.05, 3.63) is 17.8 Å². The maximum Gasteiger partial charge on any atom is 0.212 e. The lowest BCUT2D eigenvalue weighted by Crippen LogP contribution is -1.93. The molecule has 0 N–H and O–H groups in total. The van der Waals surface area contributed by atoms with E-state index < -0.39 is 0 Å². The zero-order valence-electron chi connectivity index (χ0n) is 10.6. The summed E-state index contributed by atoms with van der Waals surface area (Å²) in [6, 6.07) is 3.85. The SMILES string of the molecule is CCC(C)c1noc2c(OC)c(OC)ccc12. The van der Waals surface area contributed by atoms with Crippen LogP contribution < -0.4 is 9.47 Å². The maximum absolute atomic E-state index is 5.38. The van der Waals surface area contributed by atoms with Crippen LogP contribution in [-0.4, -0.2) is 19.4 Å². The molecule has 0 amide bonds. The molecule has 0 aliphatic carbocycles. The molecule has 0 saturated carbocycles. The van der Waals surface area contributed by atoms with Crippen LogP contribution in [0.1, 0.15) is 31.9 Å². The summed E-state index contributed by atoms with van der Waals surface area (Å²) in [5, 5.41) is 5.14. The average molecular weight is 235 g/mol. The van der Waals surface area contributed by atoms with Gasteiger partial charge in [-0.15, -0.1) is 0 Å². The third-order valence-corrected chi connectivity index (χ3v) is 3.09. The van der Waals surface area contributed by atoms with Crippen molar-refractivity contribution in [2.24, 2.45) is 0 Å². The van der Waals surface area contributed by atoms with E-state index in [0.29, 0.717) is 23.0 Å². The van der Waals surface area contributed by atoms with Gasteiger partial charge in [0.2, 0.25) is 11.3 Å². The first kappa shape index (κ1) is 11.8. The quantitative estimate of drug-likeness (QED) is 0.815. The van der Waals surface area contributed by atoms with Crippen LogP contribution in [0, 0.1) is 0 Å². The van der Waals surface area contributed by atoms with E-state index in [1.54, 1.807) is 14.2 Å². The Hall–Kier alpha value is -1.71. The molecule has 2 rings (SSSR count). The minimum Gasteiger partial charge on any atom is -0.493 e. The second-order valence-electron chi connectivity index (χ2n) is 4.05. The molecule has 0 radical (unpaired) electrons. The fraction of sp³-hybridized carbons (Fsp3) is 0.462. The number of ether oxygens (including phenoxy) is 2. The Balaban J connectivity index is 2.64. The van der Waals surface area contributed by atoms with Gasteiger partial charge in [0.05, 0.1) is 19.9 Å². The van der Waals surface area contributed by atoms with E-state index >= 15 is 0 Å². The van der Waals surface area contributed by atoms with Crippen LogP contribution >= 0.6 is 0 Å². The van der Waals surface area contributed by atoms with Gasteiger partial charge in [0.1, 0.15) is 0 Å². The third kappa shape index (κ3) is 1.84. The highest BCUT2D eigenvalue weighted by Gasteiger charge is 2.19. The molecule has 1 atom stereocenters. The van der Waals surface area contributed by atoms with E-state index in [0.717, 1.165) is 17.5 Å². The molecule has 0 fully saturated rings. The Bertz CT molecular complexity index is 519. The van der Waals surface area contributed by atoms with Gasteiger partial charge in [0.25, 0.3) is 0 Å². The van der Waals surface area contributed by atoms with Gasteiger partial charge in [0.15, 0.2) is 5.75 Å². The molecule has 0 aliphatic heterocycles. The Morgan fingerprint density at radius 1 is 1.29 bits per heavy atom. The van der Waals surface area contributed by atoms with Crippen molar-refractivity contribution < 1.29 is 14.0 Å². The zero-order valence-corrected chi connectivity index (χ0v) is 10.6. The number of nitrogens with zero attached hydrogens (tertiary/aromatic N) is 1. The number of hydrogen-bond donors (Lipinski definition) is 0. The maximum atomic E-state index is 5.38. The van der Waals surface area contributed by atoms with E-state index in [4.69, 9.17) is 14.0 Å². The lowest BCUT2D eigenvalue weighted by Gasteiger charge is -2.07. The molecule has 0 bridgehead atoms. The highest BCUT2D eigenvalue weighted by molar-refractivity contribution is 5.87. The standard InChI is InChI=1S/C13H17NO3/c1-5-8(2)11-9-6-7-10(15-3)13(16-4)12(9)17-14-11/h6-8H,5H2,1-4H3. The summed E-state index contributed by atoms with van der Waals surface area (Å²) in [4.78, 5) is 0. The molecule has 4 nitrogen and oxygen atoms in total. The van der Waals surface area contributed by atoms with Crippen LogP contribution in [0.5, 0.6) is 11.5 Å². The summed E-state index contributed by atoms with van der Waals surface area (Å²) < 4.78 is 15.9. The number of hydrogen-bond acceptors (Lipinski definition) is 4. The normalized spacial score (nSPS) is 12.7. The molecule has 1 aromatic heterocycles. The van der Waals surface area contributed by atoms with Crippen LogP contribution in [0.25, 0.3) is 11.0 Å². The molecule has 1 aromatic carbocycles. The molecule has 0 spiro atoms. The van der Waals surface area contributed by atoms with Gasteiger partial charge < -0.3 is 14.0 Å². The highest BCUT2D eigenvalue weighted by atomic mass is 16.5. The molecule has 17 heavy (non-hydrogen) atoms. The summed E-state index contributed by atoms with van der Waals surface area (Å²) in [6.07, 6.45) is 1.02. The summed E-state index contributed by atoms with van der Waals surface area (Å²) in [5.74, 6) is 1.63. The first-order chi connectivity index (χ1) is 8.22. The van der Waals surface area contributed by atoms with Crippen LogP contribution in [0.3, 0.4) is 0 Å². The number of fused-ring (bicyclic) bond motifs is 1. The Kier molecular flexibility index (Phi) is 3.22. The van der Waals surface area contributed by atoms with E-state index in [-0.39, 0.29) is 0 Å². The van der Waals surface area contributed by atoms with E-state index in [1.165, 1.54) is 0 Å². The van der Waals surface area contributed by atoms with Crippen LogP contribution in [0.15, 0.2) is 16.7 Å². The van der Waals surface area contributed by atoms with Crippen molar-refractivity contribution in [1.29, 1.82) is 0 Å². The summed E-state index contributed by atoms with van der Waals surface area (Å²) in [6.45, 7) is 4.26. The number of rotatable bonds is 4. The molecular formula is C13H17NO3. The molecular weight excluding hydrogens is 218 g/mol. The van der Waals surface area contributed by atoms with Gasteiger partial charge in [-0.3, -0.25) is 0 Å². The van der Waals surface area contributed by atoms with Crippen molar-refractivity contribution in [1.82, 2.24) is 5.16 Å². The first-order valence-corrected chi connectivity index (χ1v) is 5.73. The van der Waals surface area contributed by atoms with E-state index in [2.05, 4.69) is 19.0 Å². The molecule has 1 unspecified atom stereocenters. The first-order valence-electron chi connectivity index (χ1n) is 5.73. The molecule has 1 heterocycles. The van der Waals surface area contributed by atoms with Crippen molar-refractivity contribution in [2.75, 3.05) is 14.2 Å². The molecule has 92 valence electrons. The van der Waals surface area contributed by atoms with Crippen molar-refractivity contribution >= 4 is 11.0 Å². The molecule has 0 aliphatic rings.